The first-order valence-electron chi connectivity index (χ1n) is 7.47. The van der Waals surface area contributed by atoms with Crippen LogP contribution in [0.15, 0.2) is 42.5 Å². The summed E-state index contributed by atoms with van der Waals surface area (Å²) in [4.78, 5) is 24.8. The maximum Gasteiger partial charge on any atom is 0.310 e. The number of aromatic hydroxyl groups is 1. The highest BCUT2D eigenvalue weighted by molar-refractivity contribution is 5.96. The number of nitro benzene ring substituents is 1. The van der Waals surface area contributed by atoms with Gasteiger partial charge < -0.3 is 10.0 Å². The lowest BCUT2D eigenvalue weighted by molar-refractivity contribution is -0.385. The van der Waals surface area contributed by atoms with E-state index < -0.39 is 16.4 Å². The molecule has 2 bridgehead atoms. The molecule has 2 atom stereocenters. The Morgan fingerprint density at radius 3 is 2.26 bits per heavy atom. The van der Waals surface area contributed by atoms with Gasteiger partial charge in [-0.25, -0.2) is 0 Å². The third kappa shape index (κ3) is 1.91. The van der Waals surface area contributed by atoms with E-state index in [1.807, 2.05) is 29.2 Å². The number of fused-ring (bicyclic) bond motifs is 5. The molecular formula is C17H14N2O4. The third-order valence-corrected chi connectivity index (χ3v) is 4.75. The monoisotopic (exact) mass is 310 g/mol. The van der Waals surface area contributed by atoms with Crippen LogP contribution in [0.25, 0.3) is 0 Å². The Balaban J connectivity index is 1.69. The summed E-state index contributed by atoms with van der Waals surface area (Å²) in [5.41, 5.74) is 2.25. The van der Waals surface area contributed by atoms with Crippen molar-refractivity contribution in [2.24, 2.45) is 0 Å². The maximum atomic E-state index is 12.9. The van der Waals surface area contributed by atoms with Gasteiger partial charge in [-0.1, -0.05) is 24.3 Å². The van der Waals surface area contributed by atoms with Gasteiger partial charge in [0.05, 0.1) is 17.0 Å². The van der Waals surface area contributed by atoms with E-state index in [4.69, 9.17) is 0 Å². The van der Waals surface area contributed by atoms with Crippen molar-refractivity contribution in [3.8, 4) is 5.75 Å². The molecule has 0 aliphatic carbocycles. The van der Waals surface area contributed by atoms with Crippen LogP contribution < -0.4 is 0 Å². The molecule has 116 valence electrons. The fourth-order valence-corrected chi connectivity index (χ4v) is 3.78. The van der Waals surface area contributed by atoms with Crippen LogP contribution in [-0.4, -0.2) is 20.8 Å². The molecule has 23 heavy (non-hydrogen) atoms. The van der Waals surface area contributed by atoms with E-state index in [1.165, 1.54) is 29.3 Å². The van der Waals surface area contributed by atoms with E-state index in [-0.39, 0.29) is 23.6 Å². The fraction of sp³-hybridized carbons (Fsp3) is 0.235. The highest BCUT2D eigenvalue weighted by atomic mass is 16.6. The Labute approximate surface area is 132 Å². The Hall–Kier alpha value is -2.89. The summed E-state index contributed by atoms with van der Waals surface area (Å²) in [6.07, 6.45) is 1.85. The fourth-order valence-electron chi connectivity index (χ4n) is 3.78. The minimum absolute atomic E-state index is 0.0565. The van der Waals surface area contributed by atoms with Gasteiger partial charge in [0.2, 0.25) is 0 Å². The predicted octanol–water partition coefficient (Wildman–Crippen LogP) is 3.33. The minimum Gasteiger partial charge on any atom is -0.502 e. The summed E-state index contributed by atoms with van der Waals surface area (Å²) in [5.74, 6) is -0.677. The third-order valence-electron chi connectivity index (χ3n) is 4.75. The average molecular weight is 310 g/mol. The number of hydrogen-bond acceptors (Lipinski definition) is 4. The number of rotatable bonds is 2. The number of nitrogens with zero attached hydrogens (tertiary/aromatic N) is 2. The van der Waals surface area contributed by atoms with E-state index in [2.05, 4.69) is 0 Å². The molecule has 0 radical (unpaired) electrons. The summed E-state index contributed by atoms with van der Waals surface area (Å²) >= 11 is 0. The van der Waals surface area contributed by atoms with E-state index in [9.17, 15) is 20.0 Å². The standard InChI is InChI=1S/C17H14N2O4/c20-16-9-10(5-6-15(16)19(22)23)17(21)18-13-7-8-14(18)12-4-2-1-3-11(12)13/h1-6,9,13-14,20H,7-8H2/t13-,14-/m0/s1. The van der Waals surface area contributed by atoms with Gasteiger partial charge in [-0.3, -0.25) is 14.9 Å². The smallest absolute Gasteiger partial charge is 0.310 e. The Kier molecular flexibility index (Phi) is 2.87. The zero-order valence-corrected chi connectivity index (χ0v) is 12.2. The van der Waals surface area contributed by atoms with Crippen LogP contribution in [0.2, 0.25) is 0 Å². The van der Waals surface area contributed by atoms with Crippen LogP contribution in [0.4, 0.5) is 5.69 Å². The Morgan fingerprint density at radius 1 is 1.13 bits per heavy atom. The lowest BCUT2D eigenvalue weighted by atomic mass is 9.92. The number of phenols is 1. The van der Waals surface area contributed by atoms with Crippen molar-refractivity contribution in [3.63, 3.8) is 0 Å². The molecule has 0 spiro atoms. The molecule has 1 N–H and O–H groups in total. The molecular weight excluding hydrogens is 296 g/mol. The van der Waals surface area contributed by atoms with E-state index in [1.54, 1.807) is 0 Å². The second kappa shape index (κ2) is 4.81. The van der Waals surface area contributed by atoms with Crippen LogP contribution in [0, 0.1) is 10.1 Å². The number of amides is 1. The van der Waals surface area contributed by atoms with Gasteiger partial charge in [-0.05, 0) is 36.1 Å². The molecule has 2 heterocycles. The first-order chi connectivity index (χ1) is 11.1. The van der Waals surface area contributed by atoms with Gasteiger partial charge in [0.1, 0.15) is 0 Å². The lowest BCUT2D eigenvalue weighted by Crippen LogP contribution is -2.27. The van der Waals surface area contributed by atoms with Crippen LogP contribution in [-0.2, 0) is 0 Å². The highest BCUT2D eigenvalue weighted by Crippen LogP contribution is 2.53. The van der Waals surface area contributed by atoms with E-state index >= 15 is 0 Å². The van der Waals surface area contributed by atoms with Crippen LogP contribution >= 0.6 is 0 Å². The van der Waals surface area contributed by atoms with Gasteiger partial charge in [0, 0.05) is 11.6 Å². The van der Waals surface area contributed by atoms with Gasteiger partial charge >= 0.3 is 5.69 Å². The highest BCUT2D eigenvalue weighted by Gasteiger charge is 2.46. The molecule has 2 aromatic rings. The van der Waals surface area contributed by atoms with Gasteiger partial charge in [-0.15, -0.1) is 0 Å². The summed E-state index contributed by atoms with van der Waals surface area (Å²) in [6.45, 7) is 0. The van der Waals surface area contributed by atoms with Crippen molar-refractivity contribution in [1.82, 2.24) is 4.90 Å². The van der Waals surface area contributed by atoms with Crippen molar-refractivity contribution in [2.45, 2.75) is 24.9 Å². The second-order valence-electron chi connectivity index (χ2n) is 5.91. The zero-order chi connectivity index (χ0) is 16.1. The molecule has 0 unspecified atom stereocenters. The predicted molar refractivity (Wildman–Crippen MR) is 82.1 cm³/mol. The van der Waals surface area contributed by atoms with Crippen LogP contribution in [0.5, 0.6) is 5.75 Å². The van der Waals surface area contributed by atoms with Crippen molar-refractivity contribution in [1.29, 1.82) is 0 Å². The summed E-state index contributed by atoms with van der Waals surface area (Å²) in [5, 5.41) is 20.5. The number of phenolic OH excluding ortho intramolecular Hbond substituents is 1. The SMILES string of the molecule is O=C(c1ccc([N+](=O)[O-])c(O)c1)N1[C@H]2CC[C@H]1c1ccccc12. The van der Waals surface area contributed by atoms with Gasteiger partial charge in [0.25, 0.3) is 5.91 Å². The van der Waals surface area contributed by atoms with Gasteiger partial charge in [-0.2, -0.15) is 0 Å². The van der Waals surface area contributed by atoms with Crippen molar-refractivity contribution < 1.29 is 14.8 Å². The quantitative estimate of drug-likeness (QED) is 0.681. The maximum absolute atomic E-state index is 12.9. The topological polar surface area (TPSA) is 83.7 Å². The van der Waals surface area contributed by atoms with Crippen molar-refractivity contribution >= 4 is 11.6 Å². The largest absolute Gasteiger partial charge is 0.502 e. The molecule has 0 aromatic heterocycles. The summed E-state index contributed by atoms with van der Waals surface area (Å²) < 4.78 is 0. The molecule has 2 aliphatic rings. The lowest BCUT2D eigenvalue weighted by Gasteiger charge is -2.22. The molecule has 1 saturated heterocycles. The number of benzene rings is 2. The van der Waals surface area contributed by atoms with Crippen LogP contribution in [0.1, 0.15) is 46.4 Å². The van der Waals surface area contributed by atoms with Crippen molar-refractivity contribution in [3.05, 3.63) is 69.3 Å². The molecule has 2 aromatic carbocycles. The number of hydrogen-bond donors (Lipinski definition) is 1. The Bertz CT molecular complexity index is 802. The molecule has 2 aliphatic heterocycles. The molecule has 1 amide bonds. The summed E-state index contributed by atoms with van der Waals surface area (Å²) in [7, 11) is 0. The first-order valence-corrected chi connectivity index (χ1v) is 7.47. The zero-order valence-electron chi connectivity index (χ0n) is 12.2. The minimum atomic E-state index is -0.668. The average Bonchev–Trinajstić information content (AvgIpc) is 3.11. The number of nitro groups is 1. The number of carbonyl (C=O) groups excluding carboxylic acids is 1. The van der Waals surface area contributed by atoms with E-state index in [0.717, 1.165) is 12.8 Å². The molecule has 6 nitrogen and oxygen atoms in total. The Morgan fingerprint density at radius 2 is 1.74 bits per heavy atom. The summed E-state index contributed by atoms with van der Waals surface area (Å²) in [6, 6.07) is 11.9. The van der Waals surface area contributed by atoms with Gasteiger partial charge in [0.15, 0.2) is 5.75 Å². The normalized spacial score (nSPS) is 21.3. The van der Waals surface area contributed by atoms with E-state index in [0.29, 0.717) is 0 Å². The number of carbonyl (C=O) groups is 1. The molecule has 0 saturated carbocycles. The molecule has 6 heteroatoms. The van der Waals surface area contributed by atoms with Crippen LogP contribution in [0.3, 0.4) is 0 Å². The molecule has 1 fully saturated rings. The first kappa shape index (κ1) is 13.8. The second-order valence-corrected chi connectivity index (χ2v) is 5.91. The molecule has 4 rings (SSSR count). The van der Waals surface area contributed by atoms with Crippen molar-refractivity contribution in [2.75, 3.05) is 0 Å².